The number of rotatable bonds is 3. The number of aromatic nitrogens is 2. The summed E-state index contributed by atoms with van der Waals surface area (Å²) < 4.78 is 15.1. The molecule has 0 spiro atoms. The van der Waals surface area contributed by atoms with Crippen molar-refractivity contribution in [2.24, 2.45) is 0 Å². The molecule has 5 nitrogen and oxygen atoms in total. The van der Waals surface area contributed by atoms with Gasteiger partial charge in [-0.2, -0.15) is 0 Å². The average molecular weight is 285 g/mol. The maximum Gasteiger partial charge on any atom is 0.293 e. The van der Waals surface area contributed by atoms with Gasteiger partial charge in [-0.25, -0.2) is 9.87 Å². The van der Waals surface area contributed by atoms with Crippen LogP contribution in [0.1, 0.15) is 16.1 Å². The number of fused-ring (bicyclic) bond motifs is 1. The number of amides is 1. The summed E-state index contributed by atoms with van der Waals surface area (Å²) in [5, 5.41) is 9.52. The van der Waals surface area contributed by atoms with Crippen LogP contribution in [0.5, 0.6) is 0 Å². The normalized spacial score (nSPS) is 10.8. The van der Waals surface area contributed by atoms with Gasteiger partial charge in [0, 0.05) is 24.3 Å². The monoisotopic (exact) mass is 285 g/mol. The number of pyridine rings is 1. The number of hydrogen-bond donors (Lipinski definition) is 2. The lowest BCUT2D eigenvalue weighted by Gasteiger charge is -2.06. The smallest absolute Gasteiger partial charge is 0.293 e. The van der Waals surface area contributed by atoms with Crippen LogP contribution >= 0.6 is 0 Å². The summed E-state index contributed by atoms with van der Waals surface area (Å²) in [5.41, 5.74) is 3.27. The van der Waals surface area contributed by atoms with Crippen LogP contribution in [0, 0.1) is 5.82 Å². The number of carbonyl (C=O) groups excluding carboxylic acids is 1. The van der Waals surface area contributed by atoms with Crippen molar-refractivity contribution < 1.29 is 14.4 Å². The third-order valence-corrected chi connectivity index (χ3v) is 3.23. The van der Waals surface area contributed by atoms with Crippen molar-refractivity contribution in [1.82, 2.24) is 15.0 Å². The minimum Gasteiger partial charge on any atom is -0.343 e. The van der Waals surface area contributed by atoms with Gasteiger partial charge in [-0.15, -0.1) is 0 Å². The molecule has 3 rings (SSSR count). The highest BCUT2D eigenvalue weighted by molar-refractivity contribution is 5.95. The third-order valence-electron chi connectivity index (χ3n) is 3.23. The molecule has 1 aromatic carbocycles. The zero-order chi connectivity index (χ0) is 14.8. The fourth-order valence-corrected chi connectivity index (χ4v) is 2.23. The molecule has 21 heavy (non-hydrogen) atoms. The molecule has 0 atom stereocenters. The van der Waals surface area contributed by atoms with Gasteiger partial charge in [0.15, 0.2) is 0 Å². The molecule has 0 fully saturated rings. The second kappa shape index (κ2) is 5.34. The molecule has 2 heterocycles. The van der Waals surface area contributed by atoms with Crippen molar-refractivity contribution in [3.63, 3.8) is 0 Å². The van der Waals surface area contributed by atoms with Gasteiger partial charge < -0.3 is 4.57 Å². The highest BCUT2D eigenvalue weighted by atomic mass is 19.1. The van der Waals surface area contributed by atoms with E-state index in [9.17, 15) is 9.18 Å². The van der Waals surface area contributed by atoms with Gasteiger partial charge in [-0.3, -0.25) is 15.0 Å². The maximum atomic E-state index is 13.2. The molecule has 1 amide bonds. The number of hydroxylamine groups is 1. The van der Waals surface area contributed by atoms with E-state index in [1.165, 1.54) is 12.1 Å². The second-order valence-electron chi connectivity index (χ2n) is 4.64. The average Bonchev–Trinajstić information content (AvgIpc) is 2.89. The molecule has 106 valence electrons. The van der Waals surface area contributed by atoms with Crippen molar-refractivity contribution in [2.45, 2.75) is 6.54 Å². The Hall–Kier alpha value is -2.73. The summed E-state index contributed by atoms with van der Waals surface area (Å²) in [5.74, 6) is -0.957. The molecule has 0 bridgehead atoms. The van der Waals surface area contributed by atoms with Crippen molar-refractivity contribution >= 4 is 16.8 Å². The highest BCUT2D eigenvalue weighted by Crippen LogP contribution is 2.18. The van der Waals surface area contributed by atoms with E-state index in [-0.39, 0.29) is 11.5 Å². The zero-order valence-electron chi connectivity index (χ0n) is 11.0. The number of benzene rings is 1. The lowest BCUT2D eigenvalue weighted by atomic mass is 10.2. The SMILES string of the molecule is O=C(NO)c1cc2c(ccn2Cc2cccc(F)c2)cn1. The largest absolute Gasteiger partial charge is 0.343 e. The second-order valence-corrected chi connectivity index (χ2v) is 4.64. The molecule has 0 radical (unpaired) electrons. The Kier molecular flexibility index (Phi) is 3.37. The van der Waals surface area contributed by atoms with E-state index >= 15 is 0 Å². The van der Waals surface area contributed by atoms with Crippen molar-refractivity contribution in [3.8, 4) is 0 Å². The Labute approximate surface area is 119 Å². The first-order valence-electron chi connectivity index (χ1n) is 6.31. The summed E-state index contributed by atoms with van der Waals surface area (Å²) in [6, 6.07) is 9.79. The van der Waals surface area contributed by atoms with Crippen LogP contribution < -0.4 is 5.48 Å². The summed E-state index contributed by atoms with van der Waals surface area (Å²) in [6.07, 6.45) is 3.40. The Bertz CT molecular complexity index is 814. The molecule has 0 aliphatic rings. The lowest BCUT2D eigenvalue weighted by molar-refractivity contribution is 0.0701. The van der Waals surface area contributed by atoms with Crippen molar-refractivity contribution in [1.29, 1.82) is 0 Å². The first-order chi connectivity index (χ1) is 10.2. The molecular formula is C15H12FN3O2. The van der Waals surface area contributed by atoms with Crippen LogP contribution in [0.3, 0.4) is 0 Å². The fraction of sp³-hybridized carbons (Fsp3) is 0.0667. The Morgan fingerprint density at radius 1 is 1.33 bits per heavy atom. The number of nitrogens with zero attached hydrogens (tertiary/aromatic N) is 2. The van der Waals surface area contributed by atoms with Crippen LogP contribution in [-0.2, 0) is 6.54 Å². The van der Waals surface area contributed by atoms with Crippen molar-refractivity contribution in [2.75, 3.05) is 0 Å². The molecule has 0 saturated heterocycles. The first kappa shape index (κ1) is 13.3. The van der Waals surface area contributed by atoms with E-state index in [0.717, 1.165) is 16.5 Å². The van der Waals surface area contributed by atoms with E-state index in [1.54, 1.807) is 23.8 Å². The van der Waals surface area contributed by atoms with E-state index < -0.39 is 5.91 Å². The van der Waals surface area contributed by atoms with Gasteiger partial charge in [-0.05, 0) is 29.8 Å². The molecule has 2 aromatic heterocycles. The van der Waals surface area contributed by atoms with E-state index in [0.29, 0.717) is 6.54 Å². The molecule has 0 aliphatic heterocycles. The lowest BCUT2D eigenvalue weighted by Crippen LogP contribution is -2.19. The van der Waals surface area contributed by atoms with E-state index in [2.05, 4.69) is 4.98 Å². The molecular weight excluding hydrogens is 273 g/mol. The molecule has 0 aliphatic carbocycles. The molecule has 0 saturated carbocycles. The highest BCUT2D eigenvalue weighted by Gasteiger charge is 2.09. The predicted octanol–water partition coefficient (Wildman–Crippen LogP) is 2.34. The molecule has 2 N–H and O–H groups in total. The first-order valence-corrected chi connectivity index (χ1v) is 6.31. The summed E-state index contributed by atoms with van der Waals surface area (Å²) in [4.78, 5) is 15.4. The van der Waals surface area contributed by atoms with Crippen LogP contribution in [0.15, 0.2) is 48.8 Å². The van der Waals surface area contributed by atoms with Gasteiger partial charge in [0.05, 0.1) is 5.52 Å². The van der Waals surface area contributed by atoms with Crippen LogP contribution in [-0.4, -0.2) is 20.7 Å². The molecule has 3 aromatic rings. The number of halogens is 1. The summed E-state index contributed by atoms with van der Waals surface area (Å²) in [6.45, 7) is 0.478. The van der Waals surface area contributed by atoms with Crippen LogP contribution in [0.4, 0.5) is 4.39 Å². The summed E-state index contributed by atoms with van der Waals surface area (Å²) >= 11 is 0. The van der Waals surface area contributed by atoms with Gasteiger partial charge in [0.1, 0.15) is 11.5 Å². The van der Waals surface area contributed by atoms with E-state index in [1.807, 2.05) is 22.9 Å². The van der Waals surface area contributed by atoms with E-state index in [4.69, 9.17) is 5.21 Å². The topological polar surface area (TPSA) is 67.2 Å². The number of hydrogen-bond acceptors (Lipinski definition) is 3. The van der Waals surface area contributed by atoms with Crippen molar-refractivity contribution in [3.05, 3.63) is 65.9 Å². The van der Waals surface area contributed by atoms with Crippen LogP contribution in [0.25, 0.3) is 10.9 Å². The Morgan fingerprint density at radius 3 is 2.95 bits per heavy atom. The zero-order valence-corrected chi connectivity index (χ0v) is 11.0. The van der Waals surface area contributed by atoms with Gasteiger partial charge in [-0.1, -0.05) is 12.1 Å². The molecule has 6 heteroatoms. The minimum atomic E-state index is -0.671. The fourth-order valence-electron chi connectivity index (χ4n) is 2.23. The number of carbonyl (C=O) groups is 1. The Morgan fingerprint density at radius 2 is 2.19 bits per heavy atom. The van der Waals surface area contributed by atoms with Crippen LogP contribution in [0.2, 0.25) is 0 Å². The maximum absolute atomic E-state index is 13.2. The van der Waals surface area contributed by atoms with Gasteiger partial charge in [0.2, 0.25) is 0 Å². The predicted molar refractivity (Wildman–Crippen MR) is 74.5 cm³/mol. The Balaban J connectivity index is 2.00. The number of nitrogens with one attached hydrogen (secondary N) is 1. The quantitative estimate of drug-likeness (QED) is 0.573. The van der Waals surface area contributed by atoms with Gasteiger partial charge in [0.25, 0.3) is 5.91 Å². The summed E-state index contributed by atoms with van der Waals surface area (Å²) in [7, 11) is 0. The minimum absolute atomic E-state index is 0.115. The molecule has 0 unspecified atom stereocenters. The third kappa shape index (κ3) is 2.61. The standard InChI is InChI=1S/C15H12FN3O2/c16-12-3-1-2-10(6-12)9-19-5-4-11-8-17-13(7-14(11)19)15(20)18-21/h1-8,21H,9H2,(H,18,20). The van der Waals surface area contributed by atoms with Gasteiger partial charge >= 0.3 is 0 Å².